The highest BCUT2D eigenvalue weighted by Crippen LogP contribution is 2.55. The lowest BCUT2D eigenvalue weighted by Crippen LogP contribution is -2.61. The molecule has 1 aromatic rings. The van der Waals surface area contributed by atoms with Gasteiger partial charge in [0.05, 0.1) is 12.6 Å². The van der Waals surface area contributed by atoms with Crippen LogP contribution in [0.1, 0.15) is 50.1 Å². The second-order valence-electron chi connectivity index (χ2n) is 9.32. The number of ether oxygens (including phenoxy) is 1. The summed E-state index contributed by atoms with van der Waals surface area (Å²) in [6.07, 6.45) is 6.49. The van der Waals surface area contributed by atoms with E-state index in [1.54, 1.807) is 0 Å². The van der Waals surface area contributed by atoms with Crippen LogP contribution in [0, 0.1) is 17.8 Å². The molecule has 1 unspecified atom stereocenters. The van der Waals surface area contributed by atoms with Crippen molar-refractivity contribution in [2.45, 2.75) is 50.1 Å². The van der Waals surface area contributed by atoms with Crippen molar-refractivity contribution in [3.8, 4) is 0 Å². The molecule has 6 rings (SSSR count). The number of rotatable bonds is 5. The first-order chi connectivity index (χ1) is 14.0. The lowest BCUT2D eigenvalue weighted by molar-refractivity contribution is -0.126. The van der Waals surface area contributed by atoms with Gasteiger partial charge in [-0.25, -0.2) is 14.5 Å². The summed E-state index contributed by atoms with van der Waals surface area (Å²) in [5, 5.41) is 6.33. The van der Waals surface area contributed by atoms with Gasteiger partial charge in [-0.1, -0.05) is 30.3 Å². The maximum Gasteiger partial charge on any atom is 0.417 e. The van der Waals surface area contributed by atoms with E-state index in [1.807, 2.05) is 30.3 Å². The van der Waals surface area contributed by atoms with Gasteiger partial charge in [-0.05, 0) is 61.8 Å². The molecule has 1 saturated heterocycles. The van der Waals surface area contributed by atoms with Crippen molar-refractivity contribution >= 4 is 18.0 Å². The summed E-state index contributed by atoms with van der Waals surface area (Å²) in [6.45, 7) is -0.171. The second kappa shape index (κ2) is 7.04. The SMILES string of the molecule is O=C(NC(CN1C(=O)COC1=O)c1ccccc1)NC12CC3CC(CC(C3)C1)C2. The monoisotopic (exact) mass is 397 g/mol. The predicted octanol–water partition coefficient (Wildman–Crippen LogP) is 2.97. The first kappa shape index (κ1) is 18.5. The molecular weight excluding hydrogens is 370 g/mol. The zero-order valence-corrected chi connectivity index (χ0v) is 16.4. The highest BCUT2D eigenvalue weighted by atomic mass is 16.6. The van der Waals surface area contributed by atoms with E-state index >= 15 is 0 Å². The maximum absolute atomic E-state index is 13.0. The first-order valence-corrected chi connectivity index (χ1v) is 10.6. The van der Waals surface area contributed by atoms with Crippen molar-refractivity contribution in [1.29, 1.82) is 0 Å². The maximum atomic E-state index is 13.0. The minimum atomic E-state index is -0.653. The summed E-state index contributed by atoms with van der Waals surface area (Å²) in [6, 6.07) is 8.73. The lowest BCUT2D eigenvalue weighted by Gasteiger charge is -2.56. The van der Waals surface area contributed by atoms with Crippen LogP contribution in [-0.4, -0.2) is 41.6 Å². The number of cyclic esters (lactones) is 1. The van der Waals surface area contributed by atoms with Gasteiger partial charge in [-0.15, -0.1) is 0 Å². The molecule has 0 radical (unpaired) electrons. The molecule has 5 fully saturated rings. The van der Waals surface area contributed by atoms with Crippen LogP contribution in [0.2, 0.25) is 0 Å². The van der Waals surface area contributed by atoms with Crippen molar-refractivity contribution in [2.75, 3.05) is 13.2 Å². The average Bonchev–Trinajstić information content (AvgIpc) is 2.98. The Labute approximate surface area is 170 Å². The number of carbonyl (C=O) groups is 3. The van der Waals surface area contributed by atoms with Gasteiger partial charge < -0.3 is 15.4 Å². The number of carbonyl (C=O) groups excluding carboxylic acids is 3. The van der Waals surface area contributed by atoms with Gasteiger partial charge >= 0.3 is 12.1 Å². The fourth-order valence-electron chi connectivity index (χ4n) is 6.36. The number of nitrogens with zero attached hydrogens (tertiary/aromatic N) is 1. The van der Waals surface area contributed by atoms with Gasteiger partial charge in [0.1, 0.15) is 0 Å². The van der Waals surface area contributed by atoms with E-state index in [4.69, 9.17) is 4.74 Å². The topological polar surface area (TPSA) is 87.7 Å². The number of imide groups is 1. The Hall–Kier alpha value is -2.57. The zero-order valence-electron chi connectivity index (χ0n) is 16.4. The lowest BCUT2D eigenvalue weighted by atomic mass is 9.53. The molecule has 1 aromatic carbocycles. The Kier molecular flexibility index (Phi) is 4.48. The molecule has 4 amide bonds. The van der Waals surface area contributed by atoms with Crippen LogP contribution in [-0.2, 0) is 9.53 Å². The summed E-state index contributed by atoms with van der Waals surface area (Å²) >= 11 is 0. The Bertz CT molecular complexity index is 773. The Balaban J connectivity index is 1.30. The number of hydrogen-bond acceptors (Lipinski definition) is 4. The fourth-order valence-corrected chi connectivity index (χ4v) is 6.36. The van der Waals surface area contributed by atoms with Crippen LogP contribution >= 0.6 is 0 Å². The van der Waals surface area contributed by atoms with Crippen molar-refractivity contribution in [3.05, 3.63) is 35.9 Å². The van der Waals surface area contributed by atoms with Crippen molar-refractivity contribution < 1.29 is 19.1 Å². The van der Waals surface area contributed by atoms with E-state index in [9.17, 15) is 14.4 Å². The molecule has 29 heavy (non-hydrogen) atoms. The van der Waals surface area contributed by atoms with E-state index in [0.29, 0.717) is 0 Å². The summed E-state index contributed by atoms with van der Waals surface area (Å²) in [4.78, 5) is 38.0. The zero-order chi connectivity index (χ0) is 20.0. The summed E-state index contributed by atoms with van der Waals surface area (Å²) in [5.74, 6) is 1.84. The number of nitrogens with one attached hydrogen (secondary N) is 2. The molecule has 5 aliphatic rings. The third kappa shape index (κ3) is 3.58. The van der Waals surface area contributed by atoms with Crippen molar-refractivity contribution in [1.82, 2.24) is 15.5 Å². The molecule has 7 heteroatoms. The van der Waals surface area contributed by atoms with Crippen molar-refractivity contribution in [2.24, 2.45) is 17.8 Å². The van der Waals surface area contributed by atoms with Gasteiger partial charge in [0.25, 0.3) is 5.91 Å². The molecule has 7 nitrogen and oxygen atoms in total. The van der Waals surface area contributed by atoms with E-state index in [0.717, 1.165) is 47.5 Å². The Morgan fingerprint density at radius 1 is 1.07 bits per heavy atom. The molecule has 0 spiro atoms. The van der Waals surface area contributed by atoms with Crippen LogP contribution < -0.4 is 10.6 Å². The molecule has 4 saturated carbocycles. The summed E-state index contributed by atoms with van der Waals surface area (Å²) in [7, 11) is 0. The summed E-state index contributed by atoms with van der Waals surface area (Å²) in [5.41, 5.74) is 0.753. The second-order valence-corrected chi connectivity index (χ2v) is 9.32. The molecule has 1 atom stereocenters. The minimum Gasteiger partial charge on any atom is -0.439 e. The number of amides is 4. The molecule has 1 heterocycles. The summed E-state index contributed by atoms with van der Waals surface area (Å²) < 4.78 is 4.82. The predicted molar refractivity (Wildman–Crippen MR) is 105 cm³/mol. The van der Waals surface area contributed by atoms with E-state index in [2.05, 4.69) is 10.6 Å². The first-order valence-electron chi connectivity index (χ1n) is 10.6. The third-order valence-corrected chi connectivity index (χ3v) is 7.13. The van der Waals surface area contributed by atoms with Gasteiger partial charge in [0, 0.05) is 5.54 Å². The molecule has 154 valence electrons. The quantitative estimate of drug-likeness (QED) is 0.800. The molecule has 1 aliphatic heterocycles. The number of hydrogen-bond donors (Lipinski definition) is 2. The van der Waals surface area contributed by atoms with Crippen molar-refractivity contribution in [3.63, 3.8) is 0 Å². The van der Waals surface area contributed by atoms with Gasteiger partial charge in [0.15, 0.2) is 6.61 Å². The standard InChI is InChI=1S/C22H27N3O4/c26-19-13-29-21(28)25(19)12-18(17-4-2-1-3-5-17)23-20(27)24-22-9-14-6-15(10-22)8-16(7-14)11-22/h1-5,14-16,18H,6-13H2,(H2,23,24,27). The van der Waals surface area contributed by atoms with Crippen LogP contribution in [0.15, 0.2) is 30.3 Å². The van der Waals surface area contributed by atoms with Crippen LogP contribution in [0.4, 0.5) is 9.59 Å². The normalized spacial score (nSPS) is 33.5. The number of urea groups is 1. The van der Waals surface area contributed by atoms with E-state index in [1.165, 1.54) is 19.3 Å². The van der Waals surface area contributed by atoms with Gasteiger partial charge in [-0.2, -0.15) is 0 Å². The van der Waals surface area contributed by atoms with Crippen LogP contribution in [0.5, 0.6) is 0 Å². The highest BCUT2D eigenvalue weighted by Gasteiger charge is 2.51. The number of benzene rings is 1. The average molecular weight is 397 g/mol. The van der Waals surface area contributed by atoms with Gasteiger partial charge in [0.2, 0.25) is 0 Å². The Morgan fingerprint density at radius 2 is 1.69 bits per heavy atom. The fraction of sp³-hybridized carbons (Fsp3) is 0.591. The molecule has 4 aliphatic carbocycles. The van der Waals surface area contributed by atoms with E-state index in [-0.39, 0.29) is 30.6 Å². The molecule has 4 bridgehead atoms. The van der Waals surface area contributed by atoms with Crippen LogP contribution in [0.25, 0.3) is 0 Å². The largest absolute Gasteiger partial charge is 0.439 e. The minimum absolute atomic E-state index is 0.0655. The van der Waals surface area contributed by atoms with Crippen LogP contribution in [0.3, 0.4) is 0 Å². The van der Waals surface area contributed by atoms with Gasteiger partial charge in [-0.3, -0.25) is 4.79 Å². The molecular formula is C22H27N3O4. The highest BCUT2D eigenvalue weighted by molar-refractivity contribution is 5.97. The third-order valence-electron chi connectivity index (χ3n) is 7.13. The Morgan fingerprint density at radius 3 is 2.24 bits per heavy atom. The molecule has 2 N–H and O–H groups in total. The smallest absolute Gasteiger partial charge is 0.417 e. The van der Waals surface area contributed by atoms with E-state index < -0.39 is 12.1 Å². The molecule has 0 aromatic heterocycles.